The van der Waals surface area contributed by atoms with Crippen molar-refractivity contribution >= 4 is 11.8 Å². The van der Waals surface area contributed by atoms with Crippen molar-refractivity contribution in [2.45, 2.75) is 24.6 Å². The van der Waals surface area contributed by atoms with Gasteiger partial charge in [0.25, 0.3) is 0 Å². The Kier molecular flexibility index (Phi) is 3.92. The molecule has 1 unspecified atom stereocenters. The third-order valence-corrected chi connectivity index (χ3v) is 4.10. The van der Waals surface area contributed by atoms with Crippen molar-refractivity contribution in [3.63, 3.8) is 0 Å². The molecular weight excluding hydrogens is 206 g/mol. The lowest BCUT2D eigenvalue weighted by Crippen LogP contribution is -2.22. The number of nitrogens with one attached hydrogen (secondary N) is 1. The van der Waals surface area contributed by atoms with E-state index in [2.05, 4.69) is 17.1 Å². The number of phenols is 1. The quantitative estimate of drug-likeness (QED) is 0.822. The van der Waals surface area contributed by atoms with Crippen LogP contribution < -0.4 is 5.32 Å². The van der Waals surface area contributed by atoms with Gasteiger partial charge in [-0.3, -0.25) is 0 Å². The van der Waals surface area contributed by atoms with Gasteiger partial charge in [0, 0.05) is 23.9 Å². The fraction of sp³-hybridized carbons (Fsp3) is 0.500. The highest BCUT2D eigenvalue weighted by Crippen LogP contribution is 2.25. The van der Waals surface area contributed by atoms with Gasteiger partial charge in [0.15, 0.2) is 0 Å². The molecular formula is C12H17NOS. The summed E-state index contributed by atoms with van der Waals surface area (Å²) in [5.74, 6) is 1.70. The van der Waals surface area contributed by atoms with Crippen LogP contribution in [0.5, 0.6) is 5.75 Å². The average Bonchev–Trinajstić information content (AvgIpc) is 2.74. The van der Waals surface area contributed by atoms with Crippen LogP contribution in [0.3, 0.4) is 0 Å². The topological polar surface area (TPSA) is 32.3 Å². The molecule has 0 amide bonds. The fourth-order valence-corrected chi connectivity index (χ4v) is 3.07. The monoisotopic (exact) mass is 223 g/mol. The van der Waals surface area contributed by atoms with Crippen LogP contribution in [-0.2, 0) is 6.54 Å². The number of para-hydroxylation sites is 1. The Morgan fingerprint density at radius 3 is 3.00 bits per heavy atom. The molecule has 1 aromatic rings. The van der Waals surface area contributed by atoms with E-state index < -0.39 is 0 Å². The molecule has 15 heavy (non-hydrogen) atoms. The van der Waals surface area contributed by atoms with Crippen LogP contribution in [0, 0.1) is 0 Å². The standard InChI is InChI=1S/C12H17NOS/c14-12-6-2-1-4-10(12)8-13-9-11-5-3-7-15-11/h1-2,4,6,11,13-14H,3,5,7-9H2. The lowest BCUT2D eigenvalue weighted by atomic mass is 10.2. The van der Waals surface area contributed by atoms with Crippen LogP contribution in [0.1, 0.15) is 18.4 Å². The molecule has 2 rings (SSSR count). The maximum absolute atomic E-state index is 9.56. The van der Waals surface area contributed by atoms with Crippen molar-refractivity contribution < 1.29 is 5.11 Å². The van der Waals surface area contributed by atoms with Crippen molar-refractivity contribution in [2.75, 3.05) is 12.3 Å². The molecule has 0 aliphatic carbocycles. The van der Waals surface area contributed by atoms with E-state index in [9.17, 15) is 5.11 Å². The number of benzene rings is 1. The maximum atomic E-state index is 9.56. The van der Waals surface area contributed by atoms with Crippen molar-refractivity contribution in [1.29, 1.82) is 0 Å². The molecule has 82 valence electrons. The predicted octanol–water partition coefficient (Wildman–Crippen LogP) is 2.38. The summed E-state index contributed by atoms with van der Waals surface area (Å²) in [5.41, 5.74) is 0.987. The first-order valence-electron chi connectivity index (χ1n) is 5.45. The Morgan fingerprint density at radius 2 is 2.27 bits per heavy atom. The van der Waals surface area contributed by atoms with E-state index in [-0.39, 0.29) is 0 Å². The Balaban J connectivity index is 1.75. The van der Waals surface area contributed by atoms with Crippen LogP contribution in [0.2, 0.25) is 0 Å². The second kappa shape index (κ2) is 5.42. The summed E-state index contributed by atoms with van der Waals surface area (Å²) in [6, 6.07) is 7.51. The van der Waals surface area contributed by atoms with Crippen LogP contribution in [0.25, 0.3) is 0 Å². The molecule has 1 aliphatic rings. The normalized spacial score (nSPS) is 20.7. The lowest BCUT2D eigenvalue weighted by Gasteiger charge is -2.10. The van der Waals surface area contributed by atoms with E-state index in [1.807, 2.05) is 18.2 Å². The maximum Gasteiger partial charge on any atom is 0.120 e. The molecule has 3 heteroatoms. The van der Waals surface area contributed by atoms with E-state index in [0.717, 1.165) is 23.9 Å². The first-order valence-corrected chi connectivity index (χ1v) is 6.50. The van der Waals surface area contributed by atoms with Gasteiger partial charge in [0.1, 0.15) is 5.75 Å². The van der Waals surface area contributed by atoms with E-state index >= 15 is 0 Å². The molecule has 1 heterocycles. The summed E-state index contributed by atoms with van der Waals surface area (Å²) >= 11 is 2.06. The van der Waals surface area contributed by atoms with Crippen LogP contribution in [0.4, 0.5) is 0 Å². The van der Waals surface area contributed by atoms with Crippen molar-refractivity contribution in [3.8, 4) is 5.75 Å². The largest absolute Gasteiger partial charge is 0.508 e. The average molecular weight is 223 g/mol. The number of rotatable bonds is 4. The summed E-state index contributed by atoms with van der Waals surface area (Å²) in [6.45, 7) is 1.82. The summed E-state index contributed by atoms with van der Waals surface area (Å²) in [6.07, 6.45) is 2.69. The minimum atomic E-state index is 0.393. The van der Waals surface area contributed by atoms with E-state index in [1.165, 1.54) is 18.6 Å². The summed E-state index contributed by atoms with van der Waals surface area (Å²) in [7, 11) is 0. The van der Waals surface area contributed by atoms with Gasteiger partial charge >= 0.3 is 0 Å². The minimum Gasteiger partial charge on any atom is -0.508 e. The Bertz CT molecular complexity index is 310. The molecule has 1 fully saturated rings. The number of hydrogen-bond acceptors (Lipinski definition) is 3. The summed E-state index contributed by atoms with van der Waals surface area (Å²) in [5, 5.41) is 13.7. The van der Waals surface area contributed by atoms with Gasteiger partial charge in [-0.05, 0) is 24.7 Å². The first kappa shape index (κ1) is 10.8. The molecule has 1 saturated heterocycles. The summed E-state index contributed by atoms with van der Waals surface area (Å²) in [4.78, 5) is 0. The van der Waals surface area contributed by atoms with Gasteiger partial charge in [-0.2, -0.15) is 11.8 Å². The smallest absolute Gasteiger partial charge is 0.120 e. The summed E-state index contributed by atoms with van der Waals surface area (Å²) < 4.78 is 0. The zero-order valence-electron chi connectivity index (χ0n) is 8.78. The first-order chi connectivity index (χ1) is 7.36. The van der Waals surface area contributed by atoms with Gasteiger partial charge in [-0.15, -0.1) is 0 Å². The molecule has 1 aliphatic heterocycles. The Hall–Kier alpha value is -0.670. The van der Waals surface area contributed by atoms with Gasteiger partial charge in [-0.25, -0.2) is 0 Å². The highest BCUT2D eigenvalue weighted by atomic mass is 32.2. The van der Waals surface area contributed by atoms with Crippen molar-refractivity contribution in [3.05, 3.63) is 29.8 Å². The SMILES string of the molecule is Oc1ccccc1CNCC1CCCS1. The van der Waals surface area contributed by atoms with Gasteiger partial charge < -0.3 is 10.4 Å². The van der Waals surface area contributed by atoms with Crippen molar-refractivity contribution in [1.82, 2.24) is 5.32 Å². The highest BCUT2D eigenvalue weighted by molar-refractivity contribution is 8.00. The molecule has 0 spiro atoms. The third-order valence-electron chi connectivity index (χ3n) is 2.70. The van der Waals surface area contributed by atoms with Crippen molar-refractivity contribution in [2.24, 2.45) is 0 Å². The molecule has 2 N–H and O–H groups in total. The third kappa shape index (κ3) is 3.14. The molecule has 0 saturated carbocycles. The fourth-order valence-electron chi connectivity index (χ4n) is 1.83. The van der Waals surface area contributed by atoms with Gasteiger partial charge in [0.2, 0.25) is 0 Å². The molecule has 0 aromatic heterocycles. The highest BCUT2D eigenvalue weighted by Gasteiger charge is 2.14. The number of thioether (sulfide) groups is 1. The zero-order valence-corrected chi connectivity index (χ0v) is 9.59. The van der Waals surface area contributed by atoms with E-state index in [0.29, 0.717) is 5.75 Å². The number of hydrogen-bond donors (Lipinski definition) is 2. The molecule has 1 atom stereocenters. The molecule has 0 radical (unpaired) electrons. The zero-order chi connectivity index (χ0) is 10.5. The Morgan fingerprint density at radius 1 is 1.40 bits per heavy atom. The number of aromatic hydroxyl groups is 1. The Labute approximate surface area is 95.1 Å². The van der Waals surface area contributed by atoms with Crippen LogP contribution >= 0.6 is 11.8 Å². The predicted molar refractivity (Wildman–Crippen MR) is 65.3 cm³/mol. The van der Waals surface area contributed by atoms with E-state index in [4.69, 9.17) is 0 Å². The number of phenolic OH excluding ortho intramolecular Hbond substituents is 1. The molecule has 1 aromatic carbocycles. The van der Waals surface area contributed by atoms with E-state index in [1.54, 1.807) is 6.07 Å². The molecule has 2 nitrogen and oxygen atoms in total. The lowest BCUT2D eigenvalue weighted by molar-refractivity contribution is 0.464. The minimum absolute atomic E-state index is 0.393. The van der Waals surface area contributed by atoms with Gasteiger partial charge in [0.05, 0.1) is 0 Å². The molecule has 0 bridgehead atoms. The van der Waals surface area contributed by atoms with Crippen LogP contribution in [-0.4, -0.2) is 22.7 Å². The second-order valence-electron chi connectivity index (χ2n) is 3.89. The van der Waals surface area contributed by atoms with Gasteiger partial charge in [-0.1, -0.05) is 18.2 Å². The van der Waals surface area contributed by atoms with Crippen LogP contribution in [0.15, 0.2) is 24.3 Å². The second-order valence-corrected chi connectivity index (χ2v) is 5.30.